The van der Waals surface area contributed by atoms with Gasteiger partial charge in [-0.3, -0.25) is 19.4 Å². The van der Waals surface area contributed by atoms with Gasteiger partial charge in [0.2, 0.25) is 17.7 Å². The van der Waals surface area contributed by atoms with E-state index in [0.717, 1.165) is 16.5 Å². The molecule has 13 N–H and O–H groups in total. The first-order valence-corrected chi connectivity index (χ1v) is 14.6. The van der Waals surface area contributed by atoms with Crippen molar-refractivity contribution in [2.24, 2.45) is 33.8 Å². The van der Waals surface area contributed by atoms with E-state index in [1.54, 1.807) is 6.20 Å². The number of aliphatic imine (C=N–C) groups is 1. The van der Waals surface area contributed by atoms with Crippen molar-refractivity contribution in [1.82, 2.24) is 20.9 Å². The molecule has 0 saturated heterocycles. The van der Waals surface area contributed by atoms with Crippen LogP contribution in [0.3, 0.4) is 0 Å². The number of aliphatic carboxylic acids is 1. The van der Waals surface area contributed by atoms with Gasteiger partial charge in [0.25, 0.3) is 0 Å². The second-order valence-corrected chi connectivity index (χ2v) is 11.1. The summed E-state index contributed by atoms with van der Waals surface area (Å²) in [5.41, 5.74) is 23.9. The number of carboxylic acids is 1. The van der Waals surface area contributed by atoms with Gasteiger partial charge in [-0.1, -0.05) is 32.0 Å². The highest BCUT2D eigenvalue weighted by Crippen LogP contribution is 2.19. The summed E-state index contributed by atoms with van der Waals surface area (Å²) in [5.74, 6) is -2.94. The van der Waals surface area contributed by atoms with Crippen molar-refractivity contribution in [1.29, 1.82) is 0 Å². The number of unbranched alkanes of at least 4 members (excludes halogenated alkanes) is 1. The average Bonchev–Trinajstić information content (AvgIpc) is 3.36. The molecule has 0 aliphatic rings. The predicted molar refractivity (Wildman–Crippen MR) is 166 cm³/mol. The number of benzene rings is 1. The SMILES string of the molecule is CC(C)CC(NC(=O)C(N)CCCN=C(N)N)C(=O)NC(CCCCN)C(=O)NC(Cc1c[nH]c2ccccc12)C(=O)O. The van der Waals surface area contributed by atoms with Crippen LogP contribution >= 0.6 is 0 Å². The third-order valence-corrected chi connectivity index (χ3v) is 6.94. The molecule has 0 bridgehead atoms. The zero-order valence-electron chi connectivity index (χ0n) is 25.0. The molecule has 0 aliphatic heterocycles. The minimum Gasteiger partial charge on any atom is -0.480 e. The first-order chi connectivity index (χ1) is 20.4. The van der Waals surface area contributed by atoms with Crippen LogP contribution in [0.15, 0.2) is 35.5 Å². The summed E-state index contributed by atoms with van der Waals surface area (Å²) in [6.07, 6.45) is 4.21. The largest absolute Gasteiger partial charge is 0.480 e. The zero-order chi connectivity index (χ0) is 31.9. The van der Waals surface area contributed by atoms with E-state index in [1.165, 1.54) is 0 Å². The van der Waals surface area contributed by atoms with Crippen molar-refractivity contribution in [2.45, 2.75) is 83.0 Å². The molecular formula is C29H47N9O5. The molecule has 0 fully saturated rings. The molecule has 1 aromatic heterocycles. The van der Waals surface area contributed by atoms with Gasteiger partial charge in [0, 0.05) is 30.1 Å². The fourth-order valence-corrected chi connectivity index (χ4v) is 4.66. The number of nitrogens with one attached hydrogen (secondary N) is 4. The lowest BCUT2D eigenvalue weighted by molar-refractivity contribution is -0.142. The summed E-state index contributed by atoms with van der Waals surface area (Å²) in [4.78, 5) is 58.7. The number of nitrogens with zero attached hydrogens (tertiary/aromatic N) is 1. The fourth-order valence-electron chi connectivity index (χ4n) is 4.66. The van der Waals surface area contributed by atoms with Crippen LogP contribution in [0.4, 0.5) is 0 Å². The predicted octanol–water partition coefficient (Wildman–Crippen LogP) is -0.195. The van der Waals surface area contributed by atoms with Crippen LogP contribution in [-0.4, -0.2) is 77.0 Å². The third kappa shape index (κ3) is 11.9. The number of rotatable bonds is 19. The Morgan fingerprint density at radius 2 is 1.56 bits per heavy atom. The first-order valence-electron chi connectivity index (χ1n) is 14.6. The van der Waals surface area contributed by atoms with E-state index in [2.05, 4.69) is 25.9 Å². The maximum Gasteiger partial charge on any atom is 0.326 e. The highest BCUT2D eigenvalue weighted by Gasteiger charge is 2.31. The minimum absolute atomic E-state index is 0.0335. The van der Waals surface area contributed by atoms with Crippen molar-refractivity contribution in [3.05, 3.63) is 36.0 Å². The molecule has 1 aromatic carbocycles. The lowest BCUT2D eigenvalue weighted by atomic mass is 10.0. The molecule has 14 heteroatoms. The number of hydrogen-bond donors (Lipinski definition) is 9. The number of nitrogens with two attached hydrogens (primary N) is 4. The second-order valence-electron chi connectivity index (χ2n) is 11.1. The molecule has 0 saturated carbocycles. The van der Waals surface area contributed by atoms with Gasteiger partial charge in [-0.25, -0.2) is 4.79 Å². The molecule has 0 aliphatic carbocycles. The van der Waals surface area contributed by atoms with Crippen LogP contribution in [0.1, 0.15) is 57.9 Å². The van der Waals surface area contributed by atoms with Crippen molar-refractivity contribution >= 4 is 40.6 Å². The minimum atomic E-state index is -1.23. The summed E-state index contributed by atoms with van der Waals surface area (Å²) in [6.45, 7) is 4.51. The number of carbonyl (C=O) groups excluding carboxylic acids is 3. The topological polar surface area (TPSA) is 257 Å². The van der Waals surface area contributed by atoms with E-state index in [9.17, 15) is 24.3 Å². The Balaban J connectivity index is 2.13. The number of H-pyrrole nitrogens is 1. The Morgan fingerprint density at radius 3 is 2.21 bits per heavy atom. The molecule has 1 heterocycles. The molecule has 4 atom stereocenters. The molecule has 14 nitrogen and oxygen atoms in total. The molecule has 43 heavy (non-hydrogen) atoms. The highest BCUT2D eigenvalue weighted by atomic mass is 16.4. The standard InChI is InChI=1S/C29H47N9O5/c1-17(2)14-23(37-25(39)20(31)9-7-13-34-29(32)33)27(41)36-22(11-5-6-12-30)26(40)38-24(28(42)43)15-18-16-35-21-10-4-3-8-19(18)21/h3-4,8,10,16-17,20,22-24,35H,5-7,9,11-15,30-31H2,1-2H3,(H,36,41)(H,37,39)(H,38,40)(H,42,43)(H4,32,33,34). The average molecular weight is 602 g/mol. The molecule has 3 amide bonds. The lowest BCUT2D eigenvalue weighted by Crippen LogP contribution is -2.57. The zero-order valence-corrected chi connectivity index (χ0v) is 25.0. The summed E-state index contributed by atoms with van der Waals surface area (Å²) in [5, 5.41) is 18.8. The summed E-state index contributed by atoms with van der Waals surface area (Å²) in [6, 6.07) is 3.35. The van der Waals surface area contributed by atoms with Crippen LogP contribution in [0.5, 0.6) is 0 Å². The van der Waals surface area contributed by atoms with Gasteiger partial charge in [0.05, 0.1) is 6.04 Å². The Bertz CT molecular complexity index is 1240. The summed E-state index contributed by atoms with van der Waals surface area (Å²) < 4.78 is 0. The fraction of sp³-hybridized carbons (Fsp3) is 0.552. The molecule has 4 unspecified atom stereocenters. The van der Waals surface area contributed by atoms with Crippen LogP contribution < -0.4 is 38.9 Å². The van der Waals surface area contributed by atoms with Gasteiger partial charge in [0.1, 0.15) is 18.1 Å². The summed E-state index contributed by atoms with van der Waals surface area (Å²) >= 11 is 0. The van der Waals surface area contributed by atoms with Crippen molar-refractivity contribution < 1.29 is 24.3 Å². The Hall–Kier alpha value is -4.17. The van der Waals surface area contributed by atoms with Crippen molar-refractivity contribution in [3.8, 4) is 0 Å². The van der Waals surface area contributed by atoms with Crippen molar-refractivity contribution in [2.75, 3.05) is 13.1 Å². The normalized spacial score (nSPS) is 14.0. The molecule has 0 radical (unpaired) electrons. The number of amides is 3. The number of hydrogen-bond acceptors (Lipinski definition) is 7. The number of aromatic nitrogens is 1. The van der Waals surface area contributed by atoms with E-state index in [0.29, 0.717) is 45.2 Å². The molecule has 0 spiro atoms. The monoisotopic (exact) mass is 601 g/mol. The van der Waals surface area contributed by atoms with Crippen LogP contribution in [0, 0.1) is 5.92 Å². The van der Waals surface area contributed by atoms with Gasteiger partial charge >= 0.3 is 5.97 Å². The first kappa shape index (κ1) is 35.0. The molecule has 2 rings (SSSR count). The quantitative estimate of drug-likeness (QED) is 0.0586. The van der Waals surface area contributed by atoms with Gasteiger partial charge in [-0.15, -0.1) is 0 Å². The van der Waals surface area contributed by atoms with Crippen LogP contribution in [0.25, 0.3) is 10.9 Å². The third-order valence-electron chi connectivity index (χ3n) is 6.94. The molecular weight excluding hydrogens is 554 g/mol. The van der Waals surface area contributed by atoms with E-state index in [-0.39, 0.29) is 24.7 Å². The second kappa shape index (κ2) is 17.7. The van der Waals surface area contributed by atoms with Crippen LogP contribution in [0.2, 0.25) is 0 Å². The van der Waals surface area contributed by atoms with Gasteiger partial charge in [-0.2, -0.15) is 0 Å². The van der Waals surface area contributed by atoms with Crippen molar-refractivity contribution in [3.63, 3.8) is 0 Å². The number of aromatic amines is 1. The number of carboxylic acid groups (broad SMARTS) is 1. The molecule has 238 valence electrons. The van der Waals surface area contributed by atoms with E-state index in [1.807, 2.05) is 38.1 Å². The Kier molecular flexibility index (Phi) is 14.4. The van der Waals surface area contributed by atoms with E-state index >= 15 is 0 Å². The van der Waals surface area contributed by atoms with Crippen LogP contribution in [-0.2, 0) is 25.6 Å². The molecule has 2 aromatic rings. The van der Waals surface area contributed by atoms with Gasteiger partial charge < -0.3 is 49.0 Å². The highest BCUT2D eigenvalue weighted by molar-refractivity contribution is 5.94. The smallest absolute Gasteiger partial charge is 0.326 e. The lowest BCUT2D eigenvalue weighted by Gasteiger charge is -2.26. The van der Waals surface area contributed by atoms with Gasteiger partial charge in [-0.05, 0) is 62.6 Å². The number of carbonyl (C=O) groups is 4. The number of para-hydroxylation sites is 1. The summed E-state index contributed by atoms with van der Waals surface area (Å²) in [7, 11) is 0. The Labute approximate surface area is 251 Å². The van der Waals surface area contributed by atoms with E-state index < -0.39 is 47.9 Å². The maximum atomic E-state index is 13.4. The number of fused-ring (bicyclic) bond motifs is 1. The number of guanidine groups is 1. The van der Waals surface area contributed by atoms with E-state index in [4.69, 9.17) is 22.9 Å². The Morgan fingerprint density at radius 1 is 0.907 bits per heavy atom. The maximum absolute atomic E-state index is 13.4. The van der Waals surface area contributed by atoms with Gasteiger partial charge in [0.15, 0.2) is 5.96 Å².